The SMILES string of the molecule is CC.CCC1CCCC(O)C1CC. The Morgan fingerprint density at radius 2 is 1.69 bits per heavy atom. The Morgan fingerprint density at radius 3 is 2.08 bits per heavy atom. The van der Waals surface area contributed by atoms with Gasteiger partial charge in [-0.15, -0.1) is 0 Å². The smallest absolute Gasteiger partial charge is 0.0570 e. The van der Waals surface area contributed by atoms with Gasteiger partial charge in [0.2, 0.25) is 0 Å². The van der Waals surface area contributed by atoms with E-state index in [-0.39, 0.29) is 6.10 Å². The molecule has 0 saturated heterocycles. The lowest BCUT2D eigenvalue weighted by atomic mass is 9.75. The summed E-state index contributed by atoms with van der Waals surface area (Å²) in [5.74, 6) is 1.39. The summed E-state index contributed by atoms with van der Waals surface area (Å²) in [5.41, 5.74) is 0. The Hall–Kier alpha value is -0.0400. The Labute approximate surface area is 83.5 Å². The van der Waals surface area contributed by atoms with Gasteiger partial charge >= 0.3 is 0 Å². The molecule has 1 saturated carbocycles. The first kappa shape index (κ1) is 13.0. The van der Waals surface area contributed by atoms with Crippen LogP contribution < -0.4 is 0 Å². The second-order valence-corrected chi connectivity index (χ2v) is 3.74. The zero-order chi connectivity index (χ0) is 10.3. The van der Waals surface area contributed by atoms with Crippen molar-refractivity contribution in [1.82, 2.24) is 0 Å². The van der Waals surface area contributed by atoms with Gasteiger partial charge in [-0.25, -0.2) is 0 Å². The van der Waals surface area contributed by atoms with E-state index in [1.165, 1.54) is 19.3 Å². The fourth-order valence-electron chi connectivity index (χ4n) is 2.44. The van der Waals surface area contributed by atoms with Crippen LogP contribution in [0.3, 0.4) is 0 Å². The maximum Gasteiger partial charge on any atom is 0.0570 e. The molecule has 3 atom stereocenters. The monoisotopic (exact) mass is 186 g/mol. The van der Waals surface area contributed by atoms with Crippen molar-refractivity contribution in [3.8, 4) is 0 Å². The summed E-state index contributed by atoms with van der Waals surface area (Å²) in [6.45, 7) is 8.44. The summed E-state index contributed by atoms with van der Waals surface area (Å²) in [4.78, 5) is 0. The summed E-state index contributed by atoms with van der Waals surface area (Å²) in [5, 5.41) is 9.67. The predicted octanol–water partition coefficient (Wildman–Crippen LogP) is 3.61. The minimum Gasteiger partial charge on any atom is -0.393 e. The predicted molar refractivity (Wildman–Crippen MR) is 58.8 cm³/mol. The van der Waals surface area contributed by atoms with E-state index in [4.69, 9.17) is 0 Å². The van der Waals surface area contributed by atoms with Gasteiger partial charge in [0.15, 0.2) is 0 Å². The number of rotatable bonds is 2. The molecule has 0 bridgehead atoms. The van der Waals surface area contributed by atoms with E-state index < -0.39 is 0 Å². The highest BCUT2D eigenvalue weighted by Gasteiger charge is 2.28. The Balaban J connectivity index is 0.000000671. The van der Waals surface area contributed by atoms with Crippen LogP contribution in [0.1, 0.15) is 59.8 Å². The molecule has 1 aliphatic carbocycles. The van der Waals surface area contributed by atoms with Crippen molar-refractivity contribution in [1.29, 1.82) is 0 Å². The van der Waals surface area contributed by atoms with E-state index in [0.29, 0.717) is 5.92 Å². The van der Waals surface area contributed by atoms with Crippen molar-refractivity contribution < 1.29 is 5.11 Å². The Kier molecular flexibility index (Phi) is 7.35. The molecule has 3 unspecified atom stereocenters. The molecule has 1 N–H and O–H groups in total. The molecule has 0 aromatic carbocycles. The lowest BCUT2D eigenvalue weighted by molar-refractivity contribution is 0.0291. The largest absolute Gasteiger partial charge is 0.393 e. The van der Waals surface area contributed by atoms with E-state index in [0.717, 1.165) is 18.8 Å². The fraction of sp³-hybridized carbons (Fsp3) is 1.00. The van der Waals surface area contributed by atoms with Crippen molar-refractivity contribution in [2.24, 2.45) is 11.8 Å². The molecule has 1 fully saturated rings. The first-order valence-electron chi connectivity index (χ1n) is 5.97. The lowest BCUT2D eigenvalue weighted by Gasteiger charge is -2.34. The first-order chi connectivity index (χ1) is 6.29. The minimum absolute atomic E-state index is 0.00120. The van der Waals surface area contributed by atoms with Crippen LogP contribution in [0.2, 0.25) is 0 Å². The van der Waals surface area contributed by atoms with Gasteiger partial charge in [-0.05, 0) is 18.3 Å². The minimum atomic E-state index is -0.00120. The van der Waals surface area contributed by atoms with E-state index in [2.05, 4.69) is 13.8 Å². The zero-order valence-electron chi connectivity index (χ0n) is 9.71. The average molecular weight is 186 g/mol. The van der Waals surface area contributed by atoms with Crippen LogP contribution in [0.25, 0.3) is 0 Å². The normalized spacial score (nSPS) is 33.5. The number of hydrogen-bond acceptors (Lipinski definition) is 1. The molecule has 0 aliphatic heterocycles. The van der Waals surface area contributed by atoms with Gasteiger partial charge in [0, 0.05) is 0 Å². The molecule has 1 nitrogen and oxygen atoms in total. The molecule has 0 heterocycles. The third-order valence-electron chi connectivity index (χ3n) is 3.17. The molecule has 0 radical (unpaired) electrons. The summed E-state index contributed by atoms with van der Waals surface area (Å²) >= 11 is 0. The van der Waals surface area contributed by atoms with Gasteiger partial charge in [0.25, 0.3) is 0 Å². The van der Waals surface area contributed by atoms with E-state index in [1.807, 2.05) is 13.8 Å². The topological polar surface area (TPSA) is 20.2 Å². The molecular weight excluding hydrogens is 160 g/mol. The highest BCUT2D eigenvalue weighted by atomic mass is 16.3. The molecular formula is C12H26O. The number of aliphatic hydroxyl groups is 1. The van der Waals surface area contributed by atoms with Crippen LogP contribution in [0.15, 0.2) is 0 Å². The molecule has 1 aliphatic rings. The third-order valence-corrected chi connectivity index (χ3v) is 3.17. The summed E-state index contributed by atoms with van der Waals surface area (Å²) in [6.07, 6.45) is 6.01. The van der Waals surface area contributed by atoms with Gasteiger partial charge in [0.05, 0.1) is 6.10 Å². The van der Waals surface area contributed by atoms with Gasteiger partial charge in [-0.3, -0.25) is 0 Å². The average Bonchev–Trinajstić information content (AvgIpc) is 2.20. The second kappa shape index (κ2) is 7.37. The highest BCUT2D eigenvalue weighted by molar-refractivity contribution is 4.79. The molecule has 1 heteroatoms. The number of hydrogen-bond donors (Lipinski definition) is 1. The Bertz CT molecular complexity index is 112. The van der Waals surface area contributed by atoms with Crippen molar-refractivity contribution >= 4 is 0 Å². The maximum absolute atomic E-state index is 9.67. The maximum atomic E-state index is 9.67. The van der Waals surface area contributed by atoms with Crippen molar-refractivity contribution in [2.75, 3.05) is 0 Å². The van der Waals surface area contributed by atoms with E-state index in [1.54, 1.807) is 0 Å². The quantitative estimate of drug-likeness (QED) is 0.698. The van der Waals surface area contributed by atoms with Crippen molar-refractivity contribution in [2.45, 2.75) is 65.9 Å². The third kappa shape index (κ3) is 3.68. The molecule has 80 valence electrons. The fourth-order valence-corrected chi connectivity index (χ4v) is 2.44. The standard InChI is InChI=1S/C10H20O.C2H6/c1-3-8-6-5-7-10(11)9(8)4-2;1-2/h8-11H,3-7H2,1-2H3;1-2H3. The molecule has 0 spiro atoms. The van der Waals surface area contributed by atoms with Crippen LogP contribution in [-0.2, 0) is 0 Å². The number of aliphatic hydroxyl groups excluding tert-OH is 1. The molecule has 13 heavy (non-hydrogen) atoms. The molecule has 0 aromatic rings. The summed E-state index contributed by atoms with van der Waals surface area (Å²) in [7, 11) is 0. The van der Waals surface area contributed by atoms with Crippen LogP contribution in [0, 0.1) is 11.8 Å². The zero-order valence-corrected chi connectivity index (χ0v) is 9.71. The van der Waals surface area contributed by atoms with Gasteiger partial charge in [0.1, 0.15) is 0 Å². The molecule has 1 rings (SSSR count). The highest BCUT2D eigenvalue weighted by Crippen LogP contribution is 2.34. The van der Waals surface area contributed by atoms with Crippen LogP contribution in [-0.4, -0.2) is 11.2 Å². The van der Waals surface area contributed by atoms with Gasteiger partial charge in [-0.2, -0.15) is 0 Å². The van der Waals surface area contributed by atoms with Crippen LogP contribution in [0.5, 0.6) is 0 Å². The summed E-state index contributed by atoms with van der Waals surface area (Å²) in [6, 6.07) is 0. The van der Waals surface area contributed by atoms with E-state index >= 15 is 0 Å². The Morgan fingerprint density at radius 1 is 1.08 bits per heavy atom. The van der Waals surface area contributed by atoms with E-state index in [9.17, 15) is 5.11 Å². The van der Waals surface area contributed by atoms with Crippen molar-refractivity contribution in [3.05, 3.63) is 0 Å². The van der Waals surface area contributed by atoms with Crippen LogP contribution in [0.4, 0.5) is 0 Å². The first-order valence-corrected chi connectivity index (χ1v) is 5.97. The van der Waals surface area contributed by atoms with Gasteiger partial charge in [-0.1, -0.05) is 53.4 Å². The second-order valence-electron chi connectivity index (χ2n) is 3.74. The molecule has 0 aromatic heterocycles. The lowest BCUT2D eigenvalue weighted by Crippen LogP contribution is -2.31. The van der Waals surface area contributed by atoms with Crippen LogP contribution >= 0.6 is 0 Å². The van der Waals surface area contributed by atoms with Crippen molar-refractivity contribution in [3.63, 3.8) is 0 Å². The molecule has 0 amide bonds. The summed E-state index contributed by atoms with van der Waals surface area (Å²) < 4.78 is 0. The van der Waals surface area contributed by atoms with Gasteiger partial charge < -0.3 is 5.11 Å².